The number of nitrogens with zero attached hydrogens (tertiary/aromatic N) is 2. The van der Waals surface area contributed by atoms with E-state index in [0.29, 0.717) is 0 Å². The Balaban J connectivity index is 2.08. The first-order valence-electron chi connectivity index (χ1n) is 6.61. The van der Waals surface area contributed by atoms with E-state index in [0.717, 1.165) is 32.4 Å². The summed E-state index contributed by atoms with van der Waals surface area (Å²) in [6.07, 6.45) is 4.76. The number of aromatic nitrogens is 2. The summed E-state index contributed by atoms with van der Waals surface area (Å²) in [4.78, 5) is 0. The van der Waals surface area contributed by atoms with Crippen molar-refractivity contribution in [3.05, 3.63) is 30.5 Å². The molecule has 0 atom stereocenters. The van der Waals surface area contributed by atoms with Crippen LogP contribution in [0.2, 0.25) is 0 Å². The largest absolute Gasteiger partial charge is 0.396 e. The first-order valence-corrected chi connectivity index (χ1v) is 6.61. The minimum Gasteiger partial charge on any atom is -0.396 e. The van der Waals surface area contributed by atoms with Gasteiger partial charge in [0.1, 0.15) is 0 Å². The summed E-state index contributed by atoms with van der Waals surface area (Å²) in [6.45, 7) is 2.20. The van der Waals surface area contributed by atoms with Crippen LogP contribution in [0.4, 0.5) is 0 Å². The highest BCUT2D eigenvalue weighted by atomic mass is 16.3. The Hall–Kier alpha value is -1.39. The third-order valence-electron chi connectivity index (χ3n) is 4.04. The van der Waals surface area contributed by atoms with Crippen molar-refractivity contribution in [3.63, 3.8) is 0 Å². The molecule has 1 aromatic carbocycles. The van der Waals surface area contributed by atoms with Crippen molar-refractivity contribution in [2.75, 3.05) is 19.7 Å². The molecule has 0 amide bonds. The van der Waals surface area contributed by atoms with Gasteiger partial charge in [0.05, 0.1) is 17.3 Å². The molecule has 1 saturated heterocycles. The zero-order valence-electron chi connectivity index (χ0n) is 10.5. The monoisotopic (exact) mass is 245 g/mol. The van der Waals surface area contributed by atoms with Gasteiger partial charge in [0.15, 0.2) is 0 Å². The van der Waals surface area contributed by atoms with Crippen LogP contribution in [0.1, 0.15) is 19.3 Å². The SMILES string of the molecule is OCCC1(n2ncc3ccccc32)CCNCC1. The molecule has 4 heteroatoms. The fourth-order valence-electron chi connectivity index (χ4n) is 3.02. The summed E-state index contributed by atoms with van der Waals surface area (Å²) < 4.78 is 2.14. The number of hydrogen-bond acceptors (Lipinski definition) is 3. The van der Waals surface area contributed by atoms with Crippen LogP contribution in [0.3, 0.4) is 0 Å². The van der Waals surface area contributed by atoms with E-state index in [-0.39, 0.29) is 12.1 Å². The Bertz CT molecular complexity index is 523. The topological polar surface area (TPSA) is 50.1 Å². The average Bonchev–Trinajstić information content (AvgIpc) is 2.84. The minimum absolute atomic E-state index is 0.0247. The molecule has 0 spiro atoms. The van der Waals surface area contributed by atoms with Crippen LogP contribution in [0.5, 0.6) is 0 Å². The minimum atomic E-state index is -0.0247. The van der Waals surface area contributed by atoms with E-state index < -0.39 is 0 Å². The van der Waals surface area contributed by atoms with E-state index in [1.807, 2.05) is 18.3 Å². The van der Waals surface area contributed by atoms with Gasteiger partial charge in [-0.05, 0) is 38.4 Å². The highest BCUT2D eigenvalue weighted by Crippen LogP contribution is 2.33. The van der Waals surface area contributed by atoms with E-state index >= 15 is 0 Å². The van der Waals surface area contributed by atoms with Crippen LogP contribution in [-0.4, -0.2) is 34.6 Å². The van der Waals surface area contributed by atoms with E-state index in [9.17, 15) is 5.11 Å². The second-order valence-corrected chi connectivity index (χ2v) is 5.06. The van der Waals surface area contributed by atoms with Gasteiger partial charge < -0.3 is 10.4 Å². The lowest BCUT2D eigenvalue weighted by Gasteiger charge is -2.38. The van der Waals surface area contributed by atoms with Gasteiger partial charge in [-0.25, -0.2) is 0 Å². The van der Waals surface area contributed by atoms with E-state index in [1.54, 1.807) is 0 Å². The molecule has 2 heterocycles. The average molecular weight is 245 g/mol. The van der Waals surface area contributed by atoms with Crippen LogP contribution < -0.4 is 5.32 Å². The zero-order valence-corrected chi connectivity index (χ0v) is 10.5. The lowest BCUT2D eigenvalue weighted by molar-refractivity contribution is 0.134. The molecule has 0 aliphatic carbocycles. The predicted molar refractivity (Wildman–Crippen MR) is 71.5 cm³/mol. The van der Waals surface area contributed by atoms with Crippen molar-refractivity contribution in [2.45, 2.75) is 24.8 Å². The Morgan fingerprint density at radius 3 is 2.83 bits per heavy atom. The molecule has 3 rings (SSSR count). The van der Waals surface area contributed by atoms with E-state index in [1.165, 1.54) is 10.9 Å². The summed E-state index contributed by atoms with van der Waals surface area (Å²) in [5, 5.41) is 18.5. The molecule has 2 N–H and O–H groups in total. The van der Waals surface area contributed by atoms with Gasteiger partial charge in [-0.15, -0.1) is 0 Å². The van der Waals surface area contributed by atoms with Gasteiger partial charge in [-0.1, -0.05) is 18.2 Å². The maximum absolute atomic E-state index is 9.39. The second kappa shape index (κ2) is 4.71. The van der Waals surface area contributed by atoms with Crippen molar-refractivity contribution in [2.24, 2.45) is 0 Å². The van der Waals surface area contributed by atoms with Gasteiger partial charge in [0.2, 0.25) is 0 Å². The van der Waals surface area contributed by atoms with Crippen molar-refractivity contribution in [1.29, 1.82) is 0 Å². The summed E-state index contributed by atoms with van der Waals surface area (Å²) in [5.41, 5.74) is 1.15. The fraction of sp³-hybridized carbons (Fsp3) is 0.500. The normalized spacial score (nSPS) is 19.2. The Kier molecular flexibility index (Phi) is 3.06. The van der Waals surface area contributed by atoms with Gasteiger partial charge in [0, 0.05) is 12.0 Å². The van der Waals surface area contributed by atoms with Crippen molar-refractivity contribution >= 4 is 10.9 Å². The fourth-order valence-corrected chi connectivity index (χ4v) is 3.02. The van der Waals surface area contributed by atoms with Crippen LogP contribution in [0.15, 0.2) is 30.5 Å². The standard InChI is InChI=1S/C14H19N3O/c18-10-7-14(5-8-15-9-6-14)17-13-4-2-1-3-12(13)11-16-17/h1-4,11,15,18H,5-10H2. The number of aliphatic hydroxyl groups excluding tert-OH is 1. The summed E-state index contributed by atoms with van der Waals surface area (Å²) >= 11 is 0. The number of benzene rings is 1. The molecule has 4 nitrogen and oxygen atoms in total. The van der Waals surface area contributed by atoms with Crippen LogP contribution >= 0.6 is 0 Å². The first kappa shape index (κ1) is 11.7. The molecular formula is C14H19N3O. The van der Waals surface area contributed by atoms with Gasteiger partial charge >= 0.3 is 0 Å². The lowest BCUT2D eigenvalue weighted by Crippen LogP contribution is -2.45. The smallest absolute Gasteiger partial charge is 0.0689 e. The highest BCUT2D eigenvalue weighted by molar-refractivity contribution is 5.78. The number of aliphatic hydroxyl groups is 1. The van der Waals surface area contributed by atoms with Gasteiger partial charge in [0.25, 0.3) is 0 Å². The number of piperidine rings is 1. The number of hydrogen-bond donors (Lipinski definition) is 2. The number of nitrogens with one attached hydrogen (secondary N) is 1. The molecule has 96 valence electrons. The van der Waals surface area contributed by atoms with E-state index in [2.05, 4.69) is 27.2 Å². The molecule has 0 bridgehead atoms. The Morgan fingerprint density at radius 1 is 1.28 bits per heavy atom. The molecule has 2 aromatic rings. The predicted octanol–water partition coefficient (Wildman–Crippen LogP) is 1.50. The maximum Gasteiger partial charge on any atom is 0.0689 e. The van der Waals surface area contributed by atoms with Crippen LogP contribution in [-0.2, 0) is 5.54 Å². The third-order valence-corrected chi connectivity index (χ3v) is 4.04. The molecule has 0 radical (unpaired) electrons. The Morgan fingerprint density at radius 2 is 2.06 bits per heavy atom. The van der Waals surface area contributed by atoms with Crippen molar-refractivity contribution in [3.8, 4) is 0 Å². The zero-order chi connectivity index (χ0) is 12.4. The molecule has 1 aliphatic heterocycles. The van der Waals surface area contributed by atoms with Crippen LogP contribution in [0, 0.1) is 0 Å². The number of fused-ring (bicyclic) bond motifs is 1. The molecular weight excluding hydrogens is 226 g/mol. The summed E-state index contributed by atoms with van der Waals surface area (Å²) in [6, 6.07) is 8.29. The van der Waals surface area contributed by atoms with Crippen LogP contribution in [0.25, 0.3) is 10.9 Å². The quantitative estimate of drug-likeness (QED) is 0.861. The summed E-state index contributed by atoms with van der Waals surface area (Å²) in [5.74, 6) is 0. The maximum atomic E-state index is 9.39. The molecule has 1 fully saturated rings. The first-order chi connectivity index (χ1) is 8.86. The second-order valence-electron chi connectivity index (χ2n) is 5.06. The molecule has 18 heavy (non-hydrogen) atoms. The molecule has 0 saturated carbocycles. The Labute approximate surface area is 107 Å². The van der Waals surface area contributed by atoms with Gasteiger partial charge in [-0.2, -0.15) is 5.10 Å². The lowest BCUT2D eigenvalue weighted by atomic mass is 9.85. The number of rotatable bonds is 3. The number of para-hydroxylation sites is 1. The van der Waals surface area contributed by atoms with Gasteiger partial charge in [-0.3, -0.25) is 4.68 Å². The summed E-state index contributed by atoms with van der Waals surface area (Å²) in [7, 11) is 0. The molecule has 1 aromatic heterocycles. The third kappa shape index (κ3) is 1.82. The van der Waals surface area contributed by atoms with Crippen molar-refractivity contribution in [1.82, 2.24) is 15.1 Å². The van der Waals surface area contributed by atoms with E-state index in [4.69, 9.17) is 0 Å². The molecule has 0 unspecified atom stereocenters. The van der Waals surface area contributed by atoms with Crippen molar-refractivity contribution < 1.29 is 5.11 Å². The molecule has 1 aliphatic rings. The highest BCUT2D eigenvalue weighted by Gasteiger charge is 2.35.